The molecule has 0 heterocycles. The molecular weight excluding hydrogens is 392 g/mol. The predicted molar refractivity (Wildman–Crippen MR) is 82.7 cm³/mol. The molecule has 1 aromatic rings. The maximum Gasteiger partial charge on any atom is 0.337 e. The molecule has 0 aliphatic heterocycles. The van der Waals surface area contributed by atoms with E-state index in [1.165, 1.54) is 6.07 Å². The third kappa shape index (κ3) is 3.05. The van der Waals surface area contributed by atoms with Crippen LogP contribution in [0.25, 0.3) is 0 Å². The van der Waals surface area contributed by atoms with Crippen molar-refractivity contribution in [2.45, 2.75) is 25.3 Å². The van der Waals surface area contributed by atoms with E-state index >= 15 is 0 Å². The number of carboxylic acids is 1. The van der Waals surface area contributed by atoms with Gasteiger partial charge in [-0.25, -0.2) is 4.79 Å². The second-order valence-electron chi connectivity index (χ2n) is 5.13. The summed E-state index contributed by atoms with van der Waals surface area (Å²) < 4.78 is 1.10. The minimum Gasteiger partial charge on any atom is -0.478 e. The fourth-order valence-corrected chi connectivity index (χ4v) is 3.31. The third-order valence-electron chi connectivity index (χ3n) is 3.44. The number of aromatic carboxylic acids is 1. The molecule has 0 radical (unpaired) electrons. The minimum atomic E-state index is -1.12. The summed E-state index contributed by atoms with van der Waals surface area (Å²) in [6.07, 6.45) is 1.85. The van der Waals surface area contributed by atoms with Gasteiger partial charge in [0, 0.05) is 8.95 Å². The highest BCUT2D eigenvalue weighted by molar-refractivity contribution is 9.11. The summed E-state index contributed by atoms with van der Waals surface area (Å²) in [4.78, 5) is 23.5. The zero-order valence-electron chi connectivity index (χ0n) is 10.7. The van der Waals surface area contributed by atoms with Crippen molar-refractivity contribution in [2.24, 2.45) is 11.7 Å². The van der Waals surface area contributed by atoms with Crippen LogP contribution in [0.3, 0.4) is 0 Å². The quantitative estimate of drug-likeness (QED) is 0.717. The Morgan fingerprint density at radius 1 is 1.40 bits per heavy atom. The van der Waals surface area contributed by atoms with Crippen molar-refractivity contribution in [3.05, 3.63) is 26.6 Å². The van der Waals surface area contributed by atoms with Crippen LogP contribution in [0.1, 0.15) is 30.1 Å². The molecule has 1 saturated carbocycles. The molecule has 108 valence electrons. The molecular formula is C13H14Br2N2O3. The van der Waals surface area contributed by atoms with Gasteiger partial charge in [0.25, 0.3) is 0 Å². The summed E-state index contributed by atoms with van der Waals surface area (Å²) in [5.41, 5.74) is 5.28. The van der Waals surface area contributed by atoms with E-state index in [-0.39, 0.29) is 23.1 Å². The molecule has 0 saturated heterocycles. The second kappa shape index (κ2) is 5.46. The molecule has 4 N–H and O–H groups in total. The highest BCUT2D eigenvalue weighted by atomic mass is 79.9. The van der Waals surface area contributed by atoms with E-state index in [4.69, 9.17) is 5.73 Å². The molecule has 1 amide bonds. The molecule has 0 spiro atoms. The van der Waals surface area contributed by atoms with E-state index in [0.717, 1.165) is 12.8 Å². The highest BCUT2D eigenvalue weighted by Crippen LogP contribution is 2.39. The average Bonchev–Trinajstić information content (AvgIpc) is 3.15. The number of carboxylic acid groups (broad SMARTS) is 1. The smallest absolute Gasteiger partial charge is 0.337 e. The topological polar surface area (TPSA) is 92.4 Å². The Morgan fingerprint density at radius 3 is 2.50 bits per heavy atom. The predicted octanol–water partition coefficient (Wildman–Crippen LogP) is 2.98. The standard InChI is InChI=1S/C13H14Br2N2O3/c1-13(16,6-2-3-6)12(20)17-10-8(11(18)19)4-7(14)5-9(10)15/h4-6H,2-3,16H2,1H3,(H,17,20)(H,18,19). The maximum atomic E-state index is 12.3. The number of rotatable bonds is 4. The van der Waals surface area contributed by atoms with Crippen molar-refractivity contribution in [1.29, 1.82) is 0 Å². The molecule has 1 aliphatic carbocycles. The Hall–Kier alpha value is -0.920. The van der Waals surface area contributed by atoms with Gasteiger partial charge in [-0.1, -0.05) is 15.9 Å². The number of anilines is 1. The number of hydrogen-bond donors (Lipinski definition) is 3. The van der Waals surface area contributed by atoms with Crippen LogP contribution in [0.2, 0.25) is 0 Å². The Labute approximate surface area is 133 Å². The summed E-state index contributed by atoms with van der Waals surface area (Å²) in [6.45, 7) is 1.67. The summed E-state index contributed by atoms with van der Waals surface area (Å²) >= 11 is 6.49. The molecule has 1 unspecified atom stereocenters. The Balaban J connectivity index is 2.33. The zero-order valence-corrected chi connectivity index (χ0v) is 13.9. The van der Waals surface area contributed by atoms with Crippen molar-refractivity contribution < 1.29 is 14.7 Å². The Bertz CT molecular complexity index is 583. The van der Waals surface area contributed by atoms with Gasteiger partial charge >= 0.3 is 5.97 Å². The lowest BCUT2D eigenvalue weighted by Gasteiger charge is -2.24. The molecule has 1 aromatic carbocycles. The van der Waals surface area contributed by atoms with Gasteiger partial charge in [-0.2, -0.15) is 0 Å². The van der Waals surface area contributed by atoms with Crippen LogP contribution in [0.15, 0.2) is 21.1 Å². The summed E-state index contributed by atoms with van der Waals surface area (Å²) in [5.74, 6) is -1.33. The van der Waals surface area contributed by atoms with Gasteiger partial charge in [0.2, 0.25) is 5.91 Å². The Morgan fingerprint density at radius 2 is 2.00 bits per heavy atom. The van der Waals surface area contributed by atoms with E-state index in [0.29, 0.717) is 8.95 Å². The fourth-order valence-electron chi connectivity index (χ4n) is 1.99. The van der Waals surface area contributed by atoms with Gasteiger partial charge in [-0.3, -0.25) is 4.79 Å². The number of halogens is 2. The van der Waals surface area contributed by atoms with Gasteiger partial charge in [-0.15, -0.1) is 0 Å². The number of nitrogens with one attached hydrogen (secondary N) is 1. The molecule has 0 bridgehead atoms. The normalized spacial score (nSPS) is 17.4. The van der Waals surface area contributed by atoms with Gasteiger partial charge in [0.05, 0.1) is 16.8 Å². The monoisotopic (exact) mass is 404 g/mol. The van der Waals surface area contributed by atoms with Crippen LogP contribution < -0.4 is 11.1 Å². The molecule has 2 rings (SSSR count). The number of benzene rings is 1. The minimum absolute atomic E-state index is 0.00574. The molecule has 7 heteroatoms. The molecule has 5 nitrogen and oxygen atoms in total. The zero-order chi connectivity index (χ0) is 15.1. The van der Waals surface area contributed by atoms with Crippen LogP contribution in [-0.4, -0.2) is 22.5 Å². The molecule has 1 atom stereocenters. The number of carbonyl (C=O) groups is 2. The lowest BCUT2D eigenvalue weighted by molar-refractivity contribution is -0.121. The first kappa shape index (κ1) is 15.5. The summed E-state index contributed by atoms with van der Waals surface area (Å²) in [5, 5.41) is 11.9. The van der Waals surface area contributed by atoms with E-state index in [1.54, 1.807) is 13.0 Å². The van der Waals surface area contributed by atoms with Crippen LogP contribution in [0.5, 0.6) is 0 Å². The van der Waals surface area contributed by atoms with E-state index in [9.17, 15) is 14.7 Å². The lowest BCUT2D eigenvalue weighted by Crippen LogP contribution is -2.50. The largest absolute Gasteiger partial charge is 0.478 e. The molecule has 1 aliphatic rings. The van der Waals surface area contributed by atoms with Crippen LogP contribution in [-0.2, 0) is 4.79 Å². The first-order valence-electron chi connectivity index (χ1n) is 6.06. The number of nitrogens with two attached hydrogens (primary N) is 1. The van der Waals surface area contributed by atoms with Gasteiger partial charge in [0.15, 0.2) is 0 Å². The first-order chi connectivity index (χ1) is 9.23. The molecule has 1 fully saturated rings. The maximum absolute atomic E-state index is 12.3. The van der Waals surface area contributed by atoms with Crippen LogP contribution in [0, 0.1) is 5.92 Å². The number of hydrogen-bond acceptors (Lipinski definition) is 3. The highest BCUT2D eigenvalue weighted by Gasteiger charge is 2.44. The number of amides is 1. The van der Waals surface area contributed by atoms with Crippen molar-refractivity contribution >= 4 is 49.4 Å². The Kier molecular flexibility index (Phi) is 4.22. The van der Waals surface area contributed by atoms with Gasteiger partial charge in [0.1, 0.15) is 0 Å². The van der Waals surface area contributed by atoms with Gasteiger partial charge in [-0.05, 0) is 53.7 Å². The summed E-state index contributed by atoms with van der Waals surface area (Å²) in [7, 11) is 0. The lowest BCUT2D eigenvalue weighted by atomic mass is 9.96. The van der Waals surface area contributed by atoms with E-state index in [2.05, 4.69) is 37.2 Å². The summed E-state index contributed by atoms with van der Waals surface area (Å²) in [6, 6.07) is 3.11. The van der Waals surface area contributed by atoms with Gasteiger partial charge < -0.3 is 16.2 Å². The fraction of sp³-hybridized carbons (Fsp3) is 0.385. The van der Waals surface area contributed by atoms with E-state index in [1.807, 2.05) is 0 Å². The number of carbonyl (C=O) groups excluding carboxylic acids is 1. The van der Waals surface area contributed by atoms with E-state index < -0.39 is 11.5 Å². The average molecular weight is 406 g/mol. The van der Waals surface area contributed by atoms with Crippen LogP contribution >= 0.6 is 31.9 Å². The third-order valence-corrected chi connectivity index (χ3v) is 4.52. The molecule has 20 heavy (non-hydrogen) atoms. The SMILES string of the molecule is CC(N)(C(=O)Nc1c(Br)cc(Br)cc1C(=O)O)C1CC1. The van der Waals surface area contributed by atoms with Crippen molar-refractivity contribution in [3.8, 4) is 0 Å². The second-order valence-corrected chi connectivity index (χ2v) is 6.90. The first-order valence-corrected chi connectivity index (χ1v) is 7.64. The van der Waals surface area contributed by atoms with Crippen molar-refractivity contribution in [1.82, 2.24) is 0 Å². The van der Waals surface area contributed by atoms with Crippen molar-refractivity contribution in [3.63, 3.8) is 0 Å². The van der Waals surface area contributed by atoms with Crippen LogP contribution in [0.4, 0.5) is 5.69 Å². The molecule has 0 aromatic heterocycles. The van der Waals surface area contributed by atoms with Crippen molar-refractivity contribution in [2.75, 3.05) is 5.32 Å².